The average Bonchev–Trinajstić information content (AvgIpc) is 3.02. The van der Waals surface area contributed by atoms with E-state index in [9.17, 15) is 4.79 Å². The predicted octanol–water partition coefficient (Wildman–Crippen LogP) is 1.82. The first-order valence-corrected chi connectivity index (χ1v) is 7.20. The number of hydrogen-bond acceptors (Lipinski definition) is 2. The van der Waals surface area contributed by atoms with Crippen molar-refractivity contribution in [2.24, 2.45) is 11.3 Å². The highest BCUT2D eigenvalue weighted by Crippen LogP contribution is 2.37. The van der Waals surface area contributed by atoms with E-state index in [4.69, 9.17) is 0 Å². The van der Waals surface area contributed by atoms with Gasteiger partial charge in [-0.05, 0) is 37.5 Å². The SMILES string of the molecule is CC1(CNC(=O)C2CC3CCC2N3)CCCC1. The third-order valence-corrected chi connectivity index (χ3v) is 5.14. The minimum absolute atomic E-state index is 0.249. The Labute approximate surface area is 104 Å². The van der Waals surface area contributed by atoms with Crippen LogP contribution in [0.15, 0.2) is 0 Å². The molecule has 0 aromatic rings. The third-order valence-electron chi connectivity index (χ3n) is 5.14. The summed E-state index contributed by atoms with van der Waals surface area (Å²) in [6.45, 7) is 3.21. The molecule has 2 heterocycles. The molecule has 2 N–H and O–H groups in total. The highest BCUT2D eigenvalue weighted by molar-refractivity contribution is 5.80. The van der Waals surface area contributed by atoms with Gasteiger partial charge in [0.2, 0.25) is 5.91 Å². The fraction of sp³-hybridized carbons (Fsp3) is 0.929. The average molecular weight is 236 g/mol. The molecule has 3 nitrogen and oxygen atoms in total. The second kappa shape index (κ2) is 4.27. The van der Waals surface area contributed by atoms with E-state index in [1.807, 2.05) is 0 Å². The summed E-state index contributed by atoms with van der Waals surface area (Å²) in [6.07, 6.45) is 8.76. The van der Waals surface area contributed by atoms with Crippen LogP contribution < -0.4 is 10.6 Å². The molecular formula is C14H24N2O. The number of carbonyl (C=O) groups is 1. The number of fused-ring (bicyclic) bond motifs is 2. The fourth-order valence-electron chi connectivity index (χ4n) is 3.95. The molecule has 2 aliphatic heterocycles. The number of nitrogens with one attached hydrogen (secondary N) is 2. The second-order valence-electron chi connectivity index (χ2n) is 6.63. The quantitative estimate of drug-likeness (QED) is 0.785. The van der Waals surface area contributed by atoms with Gasteiger partial charge in [-0.15, -0.1) is 0 Å². The van der Waals surface area contributed by atoms with Crippen molar-refractivity contribution in [3.05, 3.63) is 0 Å². The van der Waals surface area contributed by atoms with Gasteiger partial charge in [0.15, 0.2) is 0 Å². The summed E-state index contributed by atoms with van der Waals surface area (Å²) in [5.41, 5.74) is 0.376. The van der Waals surface area contributed by atoms with Crippen LogP contribution in [0.3, 0.4) is 0 Å². The Hall–Kier alpha value is -0.570. The fourth-order valence-corrected chi connectivity index (χ4v) is 3.95. The van der Waals surface area contributed by atoms with Gasteiger partial charge in [-0.25, -0.2) is 0 Å². The zero-order valence-electron chi connectivity index (χ0n) is 10.8. The molecule has 17 heavy (non-hydrogen) atoms. The smallest absolute Gasteiger partial charge is 0.224 e. The summed E-state index contributed by atoms with van der Waals surface area (Å²) >= 11 is 0. The maximum atomic E-state index is 12.2. The zero-order valence-corrected chi connectivity index (χ0v) is 10.8. The molecule has 0 aromatic heterocycles. The van der Waals surface area contributed by atoms with Gasteiger partial charge in [0.1, 0.15) is 0 Å². The summed E-state index contributed by atoms with van der Waals surface area (Å²) in [5.74, 6) is 0.552. The van der Waals surface area contributed by atoms with Crippen LogP contribution in [-0.4, -0.2) is 24.5 Å². The molecule has 0 radical (unpaired) electrons. The molecule has 0 spiro atoms. The molecule has 3 rings (SSSR count). The maximum absolute atomic E-state index is 12.2. The molecule has 1 aliphatic carbocycles. The summed E-state index contributed by atoms with van der Waals surface area (Å²) in [5, 5.41) is 6.75. The molecule has 1 amide bonds. The van der Waals surface area contributed by atoms with Crippen LogP contribution in [0, 0.1) is 11.3 Å². The molecule has 3 unspecified atom stereocenters. The molecule has 2 bridgehead atoms. The van der Waals surface area contributed by atoms with Crippen molar-refractivity contribution in [2.75, 3.05) is 6.54 Å². The van der Waals surface area contributed by atoms with Crippen LogP contribution >= 0.6 is 0 Å². The molecule has 1 saturated carbocycles. The lowest BCUT2D eigenvalue weighted by Crippen LogP contribution is -2.41. The van der Waals surface area contributed by atoms with Crippen molar-refractivity contribution < 1.29 is 4.79 Å². The standard InChI is InChI=1S/C14H24N2O/c1-14(6-2-3-7-14)9-15-13(17)11-8-10-4-5-12(11)16-10/h10-12,16H,2-9H2,1H3,(H,15,17). The highest BCUT2D eigenvalue weighted by atomic mass is 16.1. The van der Waals surface area contributed by atoms with E-state index in [-0.39, 0.29) is 5.92 Å². The molecule has 2 saturated heterocycles. The molecule has 3 aliphatic rings. The van der Waals surface area contributed by atoms with Crippen molar-refractivity contribution in [2.45, 2.75) is 64.0 Å². The van der Waals surface area contributed by atoms with Crippen molar-refractivity contribution in [1.29, 1.82) is 0 Å². The van der Waals surface area contributed by atoms with E-state index in [2.05, 4.69) is 17.6 Å². The third kappa shape index (κ3) is 2.22. The van der Waals surface area contributed by atoms with Gasteiger partial charge < -0.3 is 10.6 Å². The lowest BCUT2D eigenvalue weighted by Gasteiger charge is -2.26. The van der Waals surface area contributed by atoms with Crippen LogP contribution in [0.4, 0.5) is 0 Å². The first-order valence-electron chi connectivity index (χ1n) is 7.20. The van der Waals surface area contributed by atoms with Gasteiger partial charge in [0, 0.05) is 18.6 Å². The van der Waals surface area contributed by atoms with E-state index in [0.29, 0.717) is 23.4 Å². The number of carbonyl (C=O) groups excluding carboxylic acids is 1. The Bertz CT molecular complexity index is 309. The van der Waals surface area contributed by atoms with Crippen molar-refractivity contribution in [3.63, 3.8) is 0 Å². The highest BCUT2D eigenvalue weighted by Gasteiger charge is 2.43. The van der Waals surface area contributed by atoms with Crippen LogP contribution in [0.25, 0.3) is 0 Å². The van der Waals surface area contributed by atoms with Gasteiger partial charge in [0.05, 0.1) is 5.92 Å². The van der Waals surface area contributed by atoms with Gasteiger partial charge in [-0.1, -0.05) is 19.8 Å². The molecule has 0 aromatic carbocycles. The first-order chi connectivity index (χ1) is 8.16. The van der Waals surface area contributed by atoms with Crippen LogP contribution in [0.2, 0.25) is 0 Å². The van der Waals surface area contributed by atoms with Crippen molar-refractivity contribution in [1.82, 2.24) is 10.6 Å². The second-order valence-corrected chi connectivity index (χ2v) is 6.63. The van der Waals surface area contributed by atoms with Crippen LogP contribution in [0.1, 0.15) is 51.9 Å². The molecule has 96 valence electrons. The summed E-state index contributed by atoms with van der Waals surface area (Å²) in [6, 6.07) is 1.09. The van der Waals surface area contributed by atoms with E-state index in [1.54, 1.807) is 0 Å². The van der Waals surface area contributed by atoms with Crippen LogP contribution in [0.5, 0.6) is 0 Å². The van der Waals surface area contributed by atoms with E-state index < -0.39 is 0 Å². The summed E-state index contributed by atoms with van der Waals surface area (Å²) < 4.78 is 0. The lowest BCUT2D eigenvalue weighted by molar-refractivity contribution is -0.126. The Morgan fingerprint density at radius 2 is 2.12 bits per heavy atom. The van der Waals surface area contributed by atoms with E-state index in [1.165, 1.54) is 38.5 Å². The first kappa shape index (κ1) is 11.5. The normalized spacial score (nSPS) is 38.5. The monoisotopic (exact) mass is 236 g/mol. The largest absolute Gasteiger partial charge is 0.355 e. The van der Waals surface area contributed by atoms with Gasteiger partial charge in [-0.3, -0.25) is 4.79 Å². The lowest BCUT2D eigenvalue weighted by atomic mass is 9.86. The Balaban J connectivity index is 1.50. The summed E-state index contributed by atoms with van der Waals surface area (Å²) in [4.78, 5) is 12.2. The van der Waals surface area contributed by atoms with Gasteiger partial charge >= 0.3 is 0 Å². The minimum atomic E-state index is 0.249. The molecule has 3 heteroatoms. The van der Waals surface area contributed by atoms with Gasteiger partial charge in [0.25, 0.3) is 0 Å². The van der Waals surface area contributed by atoms with Crippen molar-refractivity contribution >= 4 is 5.91 Å². The van der Waals surface area contributed by atoms with E-state index in [0.717, 1.165) is 13.0 Å². The Morgan fingerprint density at radius 1 is 1.35 bits per heavy atom. The Kier molecular flexibility index (Phi) is 2.89. The van der Waals surface area contributed by atoms with Crippen molar-refractivity contribution in [3.8, 4) is 0 Å². The zero-order chi connectivity index (χ0) is 11.9. The topological polar surface area (TPSA) is 41.1 Å². The number of rotatable bonds is 3. The molecule has 3 atom stereocenters. The maximum Gasteiger partial charge on any atom is 0.224 e. The predicted molar refractivity (Wildman–Crippen MR) is 67.6 cm³/mol. The minimum Gasteiger partial charge on any atom is -0.355 e. The van der Waals surface area contributed by atoms with Crippen LogP contribution in [-0.2, 0) is 4.79 Å². The molecule has 3 fully saturated rings. The molecular weight excluding hydrogens is 212 g/mol. The number of hydrogen-bond donors (Lipinski definition) is 2. The van der Waals surface area contributed by atoms with Gasteiger partial charge in [-0.2, -0.15) is 0 Å². The Morgan fingerprint density at radius 3 is 2.71 bits per heavy atom. The number of amides is 1. The summed E-state index contributed by atoms with van der Waals surface area (Å²) in [7, 11) is 0. The van der Waals surface area contributed by atoms with E-state index >= 15 is 0 Å².